The Labute approximate surface area is 233 Å². The molecule has 2 fully saturated rings. The standard InChI is InChI=1S/C25H27N5O10S/c1-25(12-40-24(37)29-11-13-2-3-17(31)18(32)8-13)19(23(35)36)30-21(34)16(22(30)41(25,38)39)10-15-9-14(4-6-27-15)20(33)28-7-5-26/h2-4,6,8-10,19,22,31-32H,5,7,11-12,26H2,1H3,(H,28,33)(H,29,37)(H,35,36)/t19-,22+,25-/m0/s1. The molecule has 0 saturated carbocycles. The molecule has 2 aliphatic rings. The first-order valence-corrected chi connectivity index (χ1v) is 13.7. The van der Waals surface area contributed by atoms with E-state index in [1.165, 1.54) is 42.6 Å². The maximum absolute atomic E-state index is 13.6. The number of aromatic hydroxyl groups is 2. The predicted molar refractivity (Wildman–Crippen MR) is 141 cm³/mol. The Kier molecular flexibility index (Phi) is 7.89. The fraction of sp³-hybridized carbons (Fsp3) is 0.320. The van der Waals surface area contributed by atoms with Crippen LogP contribution in [0, 0.1) is 0 Å². The van der Waals surface area contributed by atoms with Crippen molar-refractivity contribution >= 4 is 39.8 Å². The van der Waals surface area contributed by atoms with Gasteiger partial charge in [-0.05, 0) is 42.8 Å². The second-order valence-electron chi connectivity index (χ2n) is 9.53. The molecule has 0 radical (unpaired) electrons. The van der Waals surface area contributed by atoms with Gasteiger partial charge in [-0.1, -0.05) is 6.07 Å². The quantitative estimate of drug-likeness (QED) is 0.121. The maximum atomic E-state index is 13.6. The van der Waals surface area contributed by atoms with Crippen LogP contribution in [0.25, 0.3) is 6.08 Å². The molecule has 4 rings (SSSR count). The molecule has 3 heterocycles. The number of carbonyl (C=O) groups is 4. The van der Waals surface area contributed by atoms with E-state index in [1.54, 1.807) is 0 Å². The number of aliphatic carboxylic acids is 1. The summed E-state index contributed by atoms with van der Waals surface area (Å²) in [5, 5.41) is 32.1. The lowest BCUT2D eigenvalue weighted by Gasteiger charge is -2.37. The Morgan fingerprint density at radius 1 is 1.17 bits per heavy atom. The van der Waals surface area contributed by atoms with Gasteiger partial charge in [0.15, 0.2) is 32.8 Å². The lowest BCUT2D eigenvalue weighted by molar-refractivity contribution is -0.153. The van der Waals surface area contributed by atoms with Crippen molar-refractivity contribution in [2.75, 3.05) is 19.7 Å². The molecule has 41 heavy (non-hydrogen) atoms. The highest BCUT2D eigenvalue weighted by Gasteiger charge is 2.72. The number of β-lactam (4-membered cyclic amide) rings is 1. The number of sulfone groups is 1. The van der Waals surface area contributed by atoms with Gasteiger partial charge in [-0.15, -0.1) is 0 Å². The van der Waals surface area contributed by atoms with Gasteiger partial charge < -0.3 is 41.3 Å². The van der Waals surface area contributed by atoms with Gasteiger partial charge in [-0.3, -0.25) is 14.6 Å². The minimum atomic E-state index is -4.47. The summed E-state index contributed by atoms with van der Waals surface area (Å²) in [7, 11) is -4.47. The number of hydrogen-bond acceptors (Lipinski definition) is 11. The maximum Gasteiger partial charge on any atom is 0.407 e. The van der Waals surface area contributed by atoms with E-state index in [0.717, 1.165) is 6.92 Å². The number of phenols is 2. The average molecular weight is 590 g/mol. The number of pyridine rings is 1. The molecule has 16 heteroatoms. The van der Waals surface area contributed by atoms with Crippen LogP contribution >= 0.6 is 0 Å². The van der Waals surface area contributed by atoms with Crippen LogP contribution in [0.15, 0.2) is 42.1 Å². The molecule has 1 aromatic heterocycles. The summed E-state index contributed by atoms with van der Waals surface area (Å²) >= 11 is 0. The highest BCUT2D eigenvalue weighted by molar-refractivity contribution is 7.94. The number of alkyl carbamates (subject to hydrolysis) is 1. The van der Waals surface area contributed by atoms with Gasteiger partial charge in [0, 0.05) is 31.4 Å². The van der Waals surface area contributed by atoms with E-state index >= 15 is 0 Å². The van der Waals surface area contributed by atoms with Gasteiger partial charge in [0.1, 0.15) is 11.4 Å². The Morgan fingerprint density at radius 3 is 2.56 bits per heavy atom. The third-order valence-electron chi connectivity index (χ3n) is 6.78. The van der Waals surface area contributed by atoms with Crippen molar-refractivity contribution in [3.05, 3.63) is 58.9 Å². The van der Waals surface area contributed by atoms with Gasteiger partial charge in [-0.25, -0.2) is 18.0 Å². The van der Waals surface area contributed by atoms with Crippen molar-refractivity contribution in [2.45, 2.75) is 29.6 Å². The summed E-state index contributed by atoms with van der Waals surface area (Å²) in [6, 6.07) is 4.71. The number of phenolic OH excluding ortho intramolecular Hbond substituents is 2. The van der Waals surface area contributed by atoms with Crippen LogP contribution in [0.1, 0.15) is 28.5 Å². The number of carboxylic acids is 1. The fourth-order valence-electron chi connectivity index (χ4n) is 4.62. The van der Waals surface area contributed by atoms with E-state index in [2.05, 4.69) is 15.6 Å². The molecule has 15 nitrogen and oxygen atoms in total. The number of amides is 3. The van der Waals surface area contributed by atoms with Crippen LogP contribution in [0.4, 0.5) is 4.79 Å². The molecule has 2 aliphatic heterocycles. The molecular formula is C25H27N5O10S. The van der Waals surface area contributed by atoms with Crippen LogP contribution in [-0.2, 0) is 30.7 Å². The molecule has 0 bridgehead atoms. The summed E-state index contributed by atoms with van der Waals surface area (Å²) in [6.07, 6.45) is 1.39. The monoisotopic (exact) mass is 589 g/mol. The van der Waals surface area contributed by atoms with E-state index < -0.39 is 62.2 Å². The number of aromatic nitrogens is 1. The lowest BCUT2D eigenvalue weighted by atomic mass is 9.94. The normalized spacial score (nSPS) is 23.4. The number of hydrogen-bond donors (Lipinski definition) is 6. The average Bonchev–Trinajstić information content (AvgIpc) is 3.10. The van der Waals surface area contributed by atoms with Crippen LogP contribution in [0.2, 0.25) is 0 Å². The topological polar surface area (TPSA) is 239 Å². The van der Waals surface area contributed by atoms with Crippen molar-refractivity contribution in [3.8, 4) is 11.5 Å². The largest absolute Gasteiger partial charge is 0.504 e. The number of nitrogens with one attached hydrogen (secondary N) is 2. The molecule has 3 atom stereocenters. The van der Waals surface area contributed by atoms with Crippen molar-refractivity contribution in [2.24, 2.45) is 5.73 Å². The molecule has 0 aliphatic carbocycles. The highest BCUT2D eigenvalue weighted by Crippen LogP contribution is 2.49. The van der Waals surface area contributed by atoms with Gasteiger partial charge >= 0.3 is 12.1 Å². The molecule has 2 aromatic rings. The first-order chi connectivity index (χ1) is 19.3. The van der Waals surface area contributed by atoms with Gasteiger partial charge in [0.25, 0.3) is 11.8 Å². The van der Waals surface area contributed by atoms with Crippen LogP contribution in [-0.4, -0.2) is 93.4 Å². The second kappa shape index (κ2) is 11.1. The van der Waals surface area contributed by atoms with Gasteiger partial charge in [0.05, 0.1) is 11.3 Å². The zero-order valence-corrected chi connectivity index (χ0v) is 22.4. The molecule has 1 aromatic carbocycles. The fourth-order valence-corrected chi connectivity index (χ4v) is 6.90. The number of rotatable bonds is 9. The third-order valence-corrected chi connectivity index (χ3v) is 9.49. The van der Waals surface area contributed by atoms with Crippen LogP contribution < -0.4 is 16.4 Å². The van der Waals surface area contributed by atoms with Crippen LogP contribution in [0.3, 0.4) is 0 Å². The number of nitrogens with two attached hydrogens (primary N) is 1. The molecule has 218 valence electrons. The number of benzene rings is 1. The van der Waals surface area contributed by atoms with Crippen molar-refractivity contribution in [1.82, 2.24) is 20.5 Å². The summed E-state index contributed by atoms with van der Waals surface area (Å²) in [6.45, 7) is 0.475. The number of ether oxygens (including phenoxy) is 1. The predicted octanol–water partition coefficient (Wildman–Crippen LogP) is -0.700. The van der Waals surface area contributed by atoms with Crippen LogP contribution in [0.5, 0.6) is 11.5 Å². The molecular weight excluding hydrogens is 562 g/mol. The highest BCUT2D eigenvalue weighted by atomic mass is 32.2. The van der Waals surface area contributed by atoms with E-state index in [1.807, 2.05) is 0 Å². The Morgan fingerprint density at radius 2 is 1.90 bits per heavy atom. The van der Waals surface area contributed by atoms with E-state index in [4.69, 9.17) is 10.5 Å². The smallest absolute Gasteiger partial charge is 0.407 e. The Balaban J connectivity index is 1.53. The van der Waals surface area contributed by atoms with E-state index in [0.29, 0.717) is 10.5 Å². The van der Waals surface area contributed by atoms with Crippen molar-refractivity contribution in [3.63, 3.8) is 0 Å². The number of nitrogens with zero attached hydrogens (tertiary/aromatic N) is 2. The summed E-state index contributed by atoms with van der Waals surface area (Å²) in [4.78, 5) is 54.5. The summed E-state index contributed by atoms with van der Waals surface area (Å²) in [5.74, 6) is -3.69. The molecule has 2 saturated heterocycles. The van der Waals surface area contributed by atoms with Crippen molar-refractivity contribution < 1.29 is 47.7 Å². The third kappa shape index (κ3) is 5.26. The number of fused-ring (bicyclic) bond motifs is 1. The van der Waals surface area contributed by atoms with Gasteiger partial charge in [0.2, 0.25) is 0 Å². The van der Waals surface area contributed by atoms with Crippen molar-refractivity contribution in [1.29, 1.82) is 0 Å². The zero-order valence-electron chi connectivity index (χ0n) is 21.6. The zero-order chi connectivity index (χ0) is 30.1. The number of carbonyl (C=O) groups excluding carboxylic acids is 3. The second-order valence-corrected chi connectivity index (χ2v) is 12.0. The Bertz CT molecular complexity index is 1560. The molecule has 3 amide bonds. The molecule has 0 spiro atoms. The lowest BCUT2D eigenvalue weighted by Crippen LogP contribution is -2.59. The minimum Gasteiger partial charge on any atom is -0.504 e. The first kappa shape index (κ1) is 29.3. The molecule has 7 N–H and O–H groups in total. The Hall–Kier alpha value is -4.70. The molecule has 0 unspecified atom stereocenters. The summed E-state index contributed by atoms with van der Waals surface area (Å²) < 4.78 is 30.1. The summed E-state index contributed by atoms with van der Waals surface area (Å²) in [5.41, 5.74) is 5.81. The number of carboxylic acid groups (broad SMARTS) is 1. The SMILES string of the molecule is C[C@]1(COC(=O)NCc2ccc(O)c(O)c2)[C@H](C(=O)O)N2C(=O)C(=Cc3cc(C(=O)NCCN)ccn3)[C@H]2S1(=O)=O. The minimum absolute atomic E-state index is 0.0972. The van der Waals surface area contributed by atoms with E-state index in [9.17, 15) is 42.9 Å². The van der Waals surface area contributed by atoms with E-state index in [-0.39, 0.29) is 42.2 Å². The van der Waals surface area contributed by atoms with Gasteiger partial charge in [-0.2, -0.15) is 0 Å². The first-order valence-electron chi connectivity index (χ1n) is 12.2.